The number of hydrogen-bond acceptors (Lipinski definition) is 1. The van der Waals surface area contributed by atoms with E-state index in [-0.39, 0.29) is 11.0 Å². The standard InChI is InChI=1S/C19H23N/c1-18(2,20)19(13-14-19)17(15-9-5-3-6-10-15)16-11-7-4-8-12-16/h3-12,17H,13-14,20H2,1-2H3. The van der Waals surface area contributed by atoms with Crippen molar-refractivity contribution in [1.82, 2.24) is 0 Å². The summed E-state index contributed by atoms with van der Waals surface area (Å²) in [5, 5.41) is 0. The van der Waals surface area contributed by atoms with E-state index in [1.54, 1.807) is 0 Å². The zero-order valence-electron chi connectivity index (χ0n) is 12.3. The lowest BCUT2D eigenvalue weighted by Gasteiger charge is -2.38. The fourth-order valence-electron chi connectivity index (χ4n) is 3.56. The predicted octanol–water partition coefficient (Wildman–Crippen LogP) is 4.34. The van der Waals surface area contributed by atoms with E-state index in [2.05, 4.69) is 74.5 Å². The number of rotatable bonds is 4. The minimum absolute atomic E-state index is 0.163. The maximum atomic E-state index is 6.55. The van der Waals surface area contributed by atoms with Gasteiger partial charge in [-0.05, 0) is 43.2 Å². The van der Waals surface area contributed by atoms with Crippen molar-refractivity contribution < 1.29 is 0 Å². The third-order valence-electron chi connectivity index (χ3n) is 4.89. The first-order valence-electron chi connectivity index (χ1n) is 7.43. The van der Waals surface area contributed by atoms with Gasteiger partial charge in [-0.15, -0.1) is 0 Å². The molecule has 0 bridgehead atoms. The first kappa shape index (κ1) is 13.4. The number of benzene rings is 2. The molecule has 3 rings (SSSR count). The zero-order chi connectivity index (χ0) is 14.2. The highest BCUT2D eigenvalue weighted by molar-refractivity contribution is 5.39. The Morgan fingerprint density at radius 1 is 0.850 bits per heavy atom. The van der Waals surface area contributed by atoms with E-state index in [1.165, 1.54) is 24.0 Å². The molecule has 0 radical (unpaired) electrons. The van der Waals surface area contributed by atoms with Crippen molar-refractivity contribution in [2.45, 2.75) is 38.1 Å². The molecule has 1 fully saturated rings. The van der Waals surface area contributed by atoms with Gasteiger partial charge in [-0.1, -0.05) is 60.7 Å². The molecule has 0 spiro atoms. The minimum Gasteiger partial charge on any atom is -0.325 e. The van der Waals surface area contributed by atoms with E-state index in [9.17, 15) is 0 Å². The Bertz CT molecular complexity index is 522. The predicted molar refractivity (Wildman–Crippen MR) is 84.7 cm³/mol. The smallest absolute Gasteiger partial charge is 0.0163 e. The molecule has 1 aliphatic carbocycles. The molecule has 0 atom stereocenters. The number of hydrogen-bond donors (Lipinski definition) is 1. The molecule has 0 saturated heterocycles. The third kappa shape index (κ3) is 2.16. The Hall–Kier alpha value is -1.60. The maximum absolute atomic E-state index is 6.55. The van der Waals surface area contributed by atoms with Crippen molar-refractivity contribution in [2.24, 2.45) is 11.1 Å². The second-order valence-electron chi connectivity index (χ2n) is 6.63. The van der Waals surface area contributed by atoms with Gasteiger partial charge in [0.05, 0.1) is 0 Å². The van der Waals surface area contributed by atoms with Gasteiger partial charge in [0, 0.05) is 11.5 Å². The molecule has 2 aromatic rings. The highest BCUT2D eigenvalue weighted by Gasteiger charge is 2.58. The molecular weight excluding hydrogens is 242 g/mol. The normalized spacial score (nSPS) is 17.2. The van der Waals surface area contributed by atoms with Gasteiger partial charge in [0.25, 0.3) is 0 Å². The van der Waals surface area contributed by atoms with E-state index >= 15 is 0 Å². The molecule has 2 aromatic carbocycles. The van der Waals surface area contributed by atoms with Crippen molar-refractivity contribution in [3.8, 4) is 0 Å². The van der Waals surface area contributed by atoms with E-state index in [0.29, 0.717) is 5.92 Å². The van der Waals surface area contributed by atoms with E-state index in [0.717, 1.165) is 0 Å². The largest absolute Gasteiger partial charge is 0.325 e. The van der Waals surface area contributed by atoms with Crippen LogP contribution in [0.15, 0.2) is 60.7 Å². The first-order valence-corrected chi connectivity index (χ1v) is 7.43. The summed E-state index contributed by atoms with van der Waals surface area (Å²) in [6, 6.07) is 21.6. The minimum atomic E-state index is -0.163. The highest BCUT2D eigenvalue weighted by Crippen LogP contribution is 2.63. The monoisotopic (exact) mass is 265 g/mol. The van der Waals surface area contributed by atoms with Gasteiger partial charge in [-0.2, -0.15) is 0 Å². The summed E-state index contributed by atoms with van der Waals surface area (Å²) in [7, 11) is 0. The second-order valence-corrected chi connectivity index (χ2v) is 6.63. The summed E-state index contributed by atoms with van der Waals surface area (Å²) in [6.45, 7) is 4.36. The van der Waals surface area contributed by atoms with Crippen LogP contribution in [0.1, 0.15) is 43.7 Å². The van der Waals surface area contributed by atoms with Crippen LogP contribution < -0.4 is 5.73 Å². The summed E-state index contributed by atoms with van der Waals surface area (Å²) in [4.78, 5) is 0. The van der Waals surface area contributed by atoms with Crippen molar-refractivity contribution in [2.75, 3.05) is 0 Å². The summed E-state index contributed by atoms with van der Waals surface area (Å²) in [5.74, 6) is 0.393. The molecular formula is C19H23N. The van der Waals surface area contributed by atoms with Crippen molar-refractivity contribution in [3.63, 3.8) is 0 Å². The first-order chi connectivity index (χ1) is 9.55. The van der Waals surface area contributed by atoms with Crippen LogP contribution in [0.5, 0.6) is 0 Å². The Morgan fingerprint density at radius 2 is 1.25 bits per heavy atom. The van der Waals surface area contributed by atoms with Gasteiger partial charge in [0.15, 0.2) is 0 Å². The van der Waals surface area contributed by atoms with E-state index < -0.39 is 0 Å². The summed E-state index contributed by atoms with van der Waals surface area (Å²) >= 11 is 0. The molecule has 1 aliphatic rings. The number of nitrogens with two attached hydrogens (primary N) is 1. The Morgan fingerprint density at radius 3 is 1.55 bits per heavy atom. The molecule has 20 heavy (non-hydrogen) atoms. The van der Waals surface area contributed by atoms with Gasteiger partial charge in [-0.25, -0.2) is 0 Å². The van der Waals surface area contributed by atoms with Gasteiger partial charge in [0.1, 0.15) is 0 Å². The molecule has 104 valence electrons. The molecule has 0 unspecified atom stereocenters. The Balaban J connectivity index is 2.11. The van der Waals surface area contributed by atoms with Crippen LogP contribution in [-0.4, -0.2) is 5.54 Å². The van der Waals surface area contributed by atoms with Gasteiger partial charge in [-0.3, -0.25) is 0 Å². The second kappa shape index (κ2) is 4.75. The van der Waals surface area contributed by atoms with Crippen LogP contribution in [0.4, 0.5) is 0 Å². The van der Waals surface area contributed by atoms with Gasteiger partial charge < -0.3 is 5.73 Å². The molecule has 2 N–H and O–H groups in total. The quantitative estimate of drug-likeness (QED) is 0.874. The van der Waals surface area contributed by atoms with E-state index in [4.69, 9.17) is 5.73 Å². The van der Waals surface area contributed by atoms with Crippen molar-refractivity contribution in [3.05, 3.63) is 71.8 Å². The van der Waals surface area contributed by atoms with Crippen LogP contribution >= 0.6 is 0 Å². The SMILES string of the molecule is CC(C)(N)C1(C(c2ccccc2)c2ccccc2)CC1. The van der Waals surface area contributed by atoms with Crippen LogP contribution in [0.3, 0.4) is 0 Å². The lowest BCUT2D eigenvalue weighted by atomic mass is 9.69. The molecule has 0 aliphatic heterocycles. The maximum Gasteiger partial charge on any atom is 0.0163 e. The zero-order valence-corrected chi connectivity index (χ0v) is 12.3. The van der Waals surface area contributed by atoms with Crippen LogP contribution in [0.25, 0.3) is 0 Å². The van der Waals surface area contributed by atoms with Gasteiger partial charge >= 0.3 is 0 Å². The summed E-state index contributed by atoms with van der Waals surface area (Å²) < 4.78 is 0. The average molecular weight is 265 g/mol. The topological polar surface area (TPSA) is 26.0 Å². The fraction of sp³-hybridized carbons (Fsp3) is 0.368. The lowest BCUT2D eigenvalue weighted by molar-refractivity contribution is 0.263. The highest BCUT2D eigenvalue weighted by atomic mass is 14.8. The fourth-order valence-corrected chi connectivity index (χ4v) is 3.56. The van der Waals surface area contributed by atoms with Crippen molar-refractivity contribution in [1.29, 1.82) is 0 Å². The average Bonchev–Trinajstić information content (AvgIpc) is 3.23. The van der Waals surface area contributed by atoms with E-state index in [1.807, 2.05) is 0 Å². The molecule has 0 heterocycles. The van der Waals surface area contributed by atoms with Crippen LogP contribution in [-0.2, 0) is 0 Å². The molecule has 1 heteroatoms. The Kier molecular flexibility index (Phi) is 3.18. The summed E-state index contributed by atoms with van der Waals surface area (Å²) in [6.07, 6.45) is 2.43. The molecule has 0 aromatic heterocycles. The molecule has 1 saturated carbocycles. The Labute approximate surface area is 121 Å². The molecule has 1 nitrogen and oxygen atoms in total. The lowest BCUT2D eigenvalue weighted by Crippen LogP contribution is -2.46. The third-order valence-corrected chi connectivity index (χ3v) is 4.89. The van der Waals surface area contributed by atoms with Crippen LogP contribution in [0.2, 0.25) is 0 Å². The summed E-state index contributed by atoms with van der Waals surface area (Å²) in [5.41, 5.74) is 9.35. The van der Waals surface area contributed by atoms with Crippen LogP contribution in [0, 0.1) is 5.41 Å². The van der Waals surface area contributed by atoms with Gasteiger partial charge in [0.2, 0.25) is 0 Å². The van der Waals surface area contributed by atoms with Crippen molar-refractivity contribution >= 4 is 0 Å². The molecule has 0 amide bonds.